The number of rotatable bonds is 1. The minimum Gasteiger partial charge on any atom is -0.338 e. The first-order valence-corrected chi connectivity index (χ1v) is 5.33. The van der Waals surface area contributed by atoms with Gasteiger partial charge in [-0.3, -0.25) is 4.79 Å². The predicted octanol–water partition coefficient (Wildman–Crippen LogP) is 1.75. The molecule has 15 heavy (non-hydrogen) atoms. The van der Waals surface area contributed by atoms with Crippen LogP contribution in [0.4, 0.5) is 0 Å². The van der Waals surface area contributed by atoms with E-state index in [9.17, 15) is 9.59 Å². The van der Waals surface area contributed by atoms with Gasteiger partial charge in [0, 0.05) is 6.42 Å². The summed E-state index contributed by atoms with van der Waals surface area (Å²) in [4.78, 5) is 28.1. The van der Waals surface area contributed by atoms with E-state index in [1.54, 1.807) is 20.8 Å². The summed E-state index contributed by atoms with van der Waals surface area (Å²) in [5, 5.41) is 1.20. The third-order valence-corrected chi connectivity index (χ3v) is 2.43. The molecule has 1 amide bonds. The zero-order chi connectivity index (χ0) is 11.6. The maximum atomic E-state index is 11.5. The molecule has 0 N–H and O–H groups in total. The average Bonchev–Trinajstić information content (AvgIpc) is 2.08. The molecule has 1 fully saturated rings. The summed E-state index contributed by atoms with van der Waals surface area (Å²) in [6, 6.07) is 0. The molecule has 0 aromatic heterocycles. The lowest BCUT2D eigenvalue weighted by molar-refractivity contribution is -0.209. The Morgan fingerprint density at radius 1 is 1.47 bits per heavy atom. The first-order chi connectivity index (χ1) is 6.80. The third-order valence-electron chi connectivity index (χ3n) is 2.43. The molecule has 0 bridgehead atoms. The van der Waals surface area contributed by atoms with Gasteiger partial charge in [0.25, 0.3) is 5.91 Å². The van der Waals surface area contributed by atoms with E-state index in [0.717, 1.165) is 6.42 Å². The van der Waals surface area contributed by atoms with Crippen LogP contribution in [0.1, 0.15) is 40.5 Å². The molecule has 0 aromatic carbocycles. The van der Waals surface area contributed by atoms with Gasteiger partial charge in [-0.1, -0.05) is 6.92 Å². The number of carbonyl (C=O) groups is 2. The Labute approximate surface area is 90.5 Å². The van der Waals surface area contributed by atoms with E-state index < -0.39 is 5.41 Å². The topological polar surface area (TPSA) is 46.6 Å². The molecule has 86 valence electrons. The second-order valence-corrected chi connectivity index (χ2v) is 5.22. The fourth-order valence-corrected chi connectivity index (χ4v) is 1.30. The van der Waals surface area contributed by atoms with Crippen molar-refractivity contribution in [3.63, 3.8) is 0 Å². The van der Waals surface area contributed by atoms with E-state index in [4.69, 9.17) is 4.84 Å². The molecule has 1 saturated heterocycles. The van der Waals surface area contributed by atoms with E-state index in [0.29, 0.717) is 18.9 Å². The van der Waals surface area contributed by atoms with Crippen molar-refractivity contribution in [2.45, 2.75) is 40.5 Å². The largest absolute Gasteiger partial charge is 0.338 e. The highest BCUT2D eigenvalue weighted by Gasteiger charge is 2.30. The van der Waals surface area contributed by atoms with Gasteiger partial charge in [-0.05, 0) is 33.1 Å². The molecule has 0 aromatic rings. The lowest BCUT2D eigenvalue weighted by atomic mass is 9.97. The molecular formula is C11H19NO3. The van der Waals surface area contributed by atoms with Crippen LogP contribution in [0.25, 0.3) is 0 Å². The van der Waals surface area contributed by atoms with E-state index in [2.05, 4.69) is 0 Å². The quantitative estimate of drug-likeness (QED) is 0.666. The summed E-state index contributed by atoms with van der Waals surface area (Å²) >= 11 is 0. The van der Waals surface area contributed by atoms with Gasteiger partial charge in [0.05, 0.1) is 12.0 Å². The zero-order valence-electron chi connectivity index (χ0n) is 9.87. The molecule has 4 heteroatoms. The first kappa shape index (κ1) is 12.0. The zero-order valence-corrected chi connectivity index (χ0v) is 9.87. The summed E-state index contributed by atoms with van der Waals surface area (Å²) in [5.41, 5.74) is -0.566. The predicted molar refractivity (Wildman–Crippen MR) is 55.7 cm³/mol. The SMILES string of the molecule is CC1CCN(OC(=O)C(C)(C)C)C(=O)C1. The maximum absolute atomic E-state index is 11.5. The number of hydrogen-bond donors (Lipinski definition) is 0. The van der Waals surface area contributed by atoms with E-state index in [1.165, 1.54) is 5.06 Å². The molecule has 4 nitrogen and oxygen atoms in total. The van der Waals surface area contributed by atoms with Crippen molar-refractivity contribution in [2.75, 3.05) is 6.54 Å². The summed E-state index contributed by atoms with van der Waals surface area (Å²) in [6.07, 6.45) is 1.36. The minimum atomic E-state index is -0.566. The highest BCUT2D eigenvalue weighted by Crippen LogP contribution is 2.21. The van der Waals surface area contributed by atoms with Crippen LogP contribution in [0.15, 0.2) is 0 Å². The average molecular weight is 213 g/mol. The van der Waals surface area contributed by atoms with Crippen LogP contribution in [-0.4, -0.2) is 23.5 Å². The van der Waals surface area contributed by atoms with Crippen LogP contribution < -0.4 is 0 Å². The number of carbonyl (C=O) groups excluding carboxylic acids is 2. The molecule has 0 aliphatic carbocycles. The van der Waals surface area contributed by atoms with Crippen molar-refractivity contribution in [1.29, 1.82) is 0 Å². The fourth-order valence-electron chi connectivity index (χ4n) is 1.30. The minimum absolute atomic E-state index is 0.0913. The van der Waals surface area contributed by atoms with Gasteiger partial charge in [0.1, 0.15) is 0 Å². The smallest absolute Gasteiger partial charge is 0.337 e. The van der Waals surface area contributed by atoms with Crippen molar-refractivity contribution >= 4 is 11.9 Å². The second-order valence-electron chi connectivity index (χ2n) is 5.22. The van der Waals surface area contributed by atoms with Crippen LogP contribution in [0.5, 0.6) is 0 Å². The molecule has 0 saturated carbocycles. The van der Waals surface area contributed by atoms with Gasteiger partial charge in [-0.2, -0.15) is 5.06 Å². The van der Waals surface area contributed by atoms with Gasteiger partial charge < -0.3 is 4.84 Å². The summed E-state index contributed by atoms with van der Waals surface area (Å²) in [7, 11) is 0. The summed E-state index contributed by atoms with van der Waals surface area (Å²) in [6.45, 7) is 7.85. The van der Waals surface area contributed by atoms with E-state index in [1.807, 2.05) is 6.92 Å². The van der Waals surface area contributed by atoms with Crippen molar-refractivity contribution in [3.8, 4) is 0 Å². The molecule has 1 rings (SSSR count). The van der Waals surface area contributed by atoms with Crippen LogP contribution in [-0.2, 0) is 14.4 Å². The van der Waals surface area contributed by atoms with Crippen molar-refractivity contribution in [2.24, 2.45) is 11.3 Å². The molecule has 1 aliphatic rings. The highest BCUT2D eigenvalue weighted by atomic mass is 16.7. The Hall–Kier alpha value is -1.06. The molecule has 1 heterocycles. The Kier molecular flexibility index (Phi) is 3.37. The Morgan fingerprint density at radius 3 is 2.53 bits per heavy atom. The lowest BCUT2D eigenvalue weighted by Gasteiger charge is -2.30. The first-order valence-electron chi connectivity index (χ1n) is 5.33. The number of hydrogen-bond acceptors (Lipinski definition) is 3. The van der Waals surface area contributed by atoms with Crippen molar-refractivity contribution < 1.29 is 14.4 Å². The van der Waals surface area contributed by atoms with Crippen LogP contribution in [0.3, 0.4) is 0 Å². The van der Waals surface area contributed by atoms with Gasteiger partial charge in [0.2, 0.25) is 0 Å². The Balaban J connectivity index is 2.53. The highest BCUT2D eigenvalue weighted by molar-refractivity contribution is 5.80. The molecule has 1 atom stereocenters. The number of hydroxylamine groups is 2. The van der Waals surface area contributed by atoms with Crippen LogP contribution >= 0.6 is 0 Å². The standard InChI is InChI=1S/C11H19NO3/c1-8-5-6-12(9(13)7-8)15-10(14)11(2,3)4/h8H,5-7H2,1-4H3. The summed E-state index contributed by atoms with van der Waals surface area (Å²) < 4.78 is 0. The van der Waals surface area contributed by atoms with Gasteiger partial charge in [-0.25, -0.2) is 4.79 Å². The molecule has 0 spiro atoms. The van der Waals surface area contributed by atoms with E-state index >= 15 is 0 Å². The molecule has 1 unspecified atom stereocenters. The Morgan fingerprint density at radius 2 is 2.07 bits per heavy atom. The number of amides is 1. The van der Waals surface area contributed by atoms with Crippen molar-refractivity contribution in [3.05, 3.63) is 0 Å². The second kappa shape index (κ2) is 4.21. The van der Waals surface area contributed by atoms with Gasteiger partial charge in [-0.15, -0.1) is 0 Å². The number of piperidine rings is 1. The van der Waals surface area contributed by atoms with Crippen LogP contribution in [0, 0.1) is 11.3 Å². The lowest BCUT2D eigenvalue weighted by Crippen LogP contribution is -2.42. The fraction of sp³-hybridized carbons (Fsp3) is 0.818. The molecule has 0 radical (unpaired) electrons. The maximum Gasteiger partial charge on any atom is 0.337 e. The monoisotopic (exact) mass is 213 g/mol. The van der Waals surface area contributed by atoms with Gasteiger partial charge >= 0.3 is 5.97 Å². The molecular weight excluding hydrogens is 194 g/mol. The van der Waals surface area contributed by atoms with Crippen LogP contribution in [0.2, 0.25) is 0 Å². The third kappa shape index (κ3) is 3.22. The van der Waals surface area contributed by atoms with E-state index in [-0.39, 0.29) is 11.9 Å². The normalized spacial score (nSPS) is 22.8. The number of nitrogens with zero attached hydrogens (tertiary/aromatic N) is 1. The summed E-state index contributed by atoms with van der Waals surface area (Å²) in [5.74, 6) is -0.0566. The van der Waals surface area contributed by atoms with Crippen molar-refractivity contribution in [1.82, 2.24) is 5.06 Å². The van der Waals surface area contributed by atoms with Gasteiger partial charge in [0.15, 0.2) is 0 Å². The Bertz CT molecular complexity index is 267. The molecule has 1 aliphatic heterocycles.